The largest absolute Gasteiger partial charge is 2.00 e. The number of aromatic nitrogens is 17. The number of hydrogen-bond donors (Lipinski definition) is 2. The summed E-state index contributed by atoms with van der Waals surface area (Å²) in [6.07, 6.45) is 1.08. The second-order valence-electron chi connectivity index (χ2n) is 30.8. The zero-order valence-electron chi connectivity index (χ0n) is 75.2. The van der Waals surface area contributed by atoms with E-state index in [4.69, 9.17) is 110 Å². The Labute approximate surface area is 905 Å². The molecule has 0 atom stereocenters. The Balaban J connectivity index is 0.000000129. The molecule has 0 saturated carbocycles. The molecule has 23 aromatic rings. The molecule has 0 saturated heterocycles. The summed E-state index contributed by atoms with van der Waals surface area (Å²) in [6, 6.07) is 142. The average Bonchev–Trinajstić information content (AvgIpc) is 1.59. The maximum absolute atomic E-state index is 8.63. The molecule has 7 heterocycles. The summed E-state index contributed by atoms with van der Waals surface area (Å²) >= 11 is 44.2. The van der Waals surface area contributed by atoms with Crippen LogP contribution in [0.1, 0.15) is 11.1 Å². The second-order valence-corrected chi connectivity index (χ2v) is 35.7. The predicted octanol–water partition coefficient (Wildman–Crippen LogP) is 25.8. The quantitative estimate of drug-likeness (QED) is 0.0903. The zero-order chi connectivity index (χ0) is 97.3. The molecule has 1 aliphatic carbocycles. The second kappa shape index (κ2) is 51.0. The maximum Gasteiger partial charge on any atom is 2.00 e. The number of fused-ring (bicyclic) bond motifs is 9. The average molecular weight is 2260 g/mol. The van der Waals surface area contributed by atoms with Gasteiger partial charge in [0.25, 0.3) is 0 Å². The molecule has 0 bridgehead atoms. The van der Waals surface area contributed by atoms with Crippen LogP contribution < -0.4 is 22.4 Å². The molecule has 0 spiro atoms. The fourth-order valence-corrected chi connectivity index (χ4v) is 17.2. The minimum Gasteiger partial charge on any atom is -1.00 e. The third-order valence-corrected chi connectivity index (χ3v) is 24.1. The molecule has 0 fully saturated rings. The van der Waals surface area contributed by atoms with Crippen LogP contribution in [-0.4, -0.2) is 124 Å². The number of benzene rings is 16. The molecule has 0 unspecified atom stereocenters. The SMILES string of the molecule is Brc1ccc2c(c1)-c1ccccc1C2.Brc1ccc2c(c1)c1ccccc1n2-c1nc(-c2ccccc2)nc(-c2ccccc2)n1.Brc1ccc2c(c1)c1ccccc1n2-c1nc(-c2ccccc2)nc(-c2ccccc2)n1.Clc1nc(-c2ccccc2)nc(-c2ccccc2)n1.Clc1nc(-c2ccccc2)nc(-c2ccccc2)n1.Clc1nc(Cl)nc(Cl)n1.OB(O)c1ccc(Cl)cc1.[Br-].[Mg+2].[c-]1ccccc1. The van der Waals surface area contributed by atoms with Crippen molar-refractivity contribution in [2.24, 2.45) is 0 Å². The summed E-state index contributed by atoms with van der Waals surface area (Å²) in [5.41, 5.74) is 17.8. The van der Waals surface area contributed by atoms with Crippen LogP contribution in [-0.2, 0) is 6.42 Å². The van der Waals surface area contributed by atoms with Gasteiger partial charge < -0.3 is 27.0 Å². The Kier molecular flexibility index (Phi) is 37.1. The molecule has 7 aromatic heterocycles. The first-order valence-electron chi connectivity index (χ1n) is 43.7. The number of para-hydroxylation sites is 2. The predicted molar refractivity (Wildman–Crippen MR) is 586 cm³/mol. The van der Waals surface area contributed by atoms with Crippen LogP contribution in [0.5, 0.6) is 0 Å². The van der Waals surface area contributed by atoms with E-state index < -0.39 is 7.12 Å². The smallest absolute Gasteiger partial charge is 1.00 e. The van der Waals surface area contributed by atoms with Gasteiger partial charge in [0.15, 0.2) is 46.6 Å². The molecule has 694 valence electrons. The molecule has 31 heteroatoms. The fraction of sp³-hybridized carbons (Fsp3) is 0.00893. The third kappa shape index (κ3) is 27.3. The van der Waals surface area contributed by atoms with Crippen molar-refractivity contribution in [3.8, 4) is 114 Å². The fourth-order valence-electron chi connectivity index (χ4n) is 15.1. The van der Waals surface area contributed by atoms with Gasteiger partial charge in [-0.15, -0.1) is 0 Å². The van der Waals surface area contributed by atoms with Gasteiger partial charge in [-0.25, -0.2) is 19.9 Å². The van der Waals surface area contributed by atoms with Crippen molar-refractivity contribution in [2.45, 2.75) is 6.42 Å². The van der Waals surface area contributed by atoms with Gasteiger partial charge in [0.05, 0.1) is 22.1 Å². The van der Waals surface area contributed by atoms with Crippen LogP contribution in [0.4, 0.5) is 0 Å². The molecular weight excluding hydrogens is 2180 g/mol. The number of rotatable bonds is 11. The number of hydrogen-bond acceptors (Lipinski definition) is 17. The van der Waals surface area contributed by atoms with E-state index in [9.17, 15) is 0 Å². The summed E-state index contributed by atoms with van der Waals surface area (Å²) < 4.78 is 7.49. The minimum absolute atomic E-state index is 0. The molecule has 19 nitrogen and oxygen atoms in total. The van der Waals surface area contributed by atoms with E-state index >= 15 is 0 Å². The van der Waals surface area contributed by atoms with Crippen molar-refractivity contribution >= 4 is 197 Å². The Bertz CT molecular complexity index is 7520. The van der Waals surface area contributed by atoms with E-state index in [0.717, 1.165) is 108 Å². The monoisotopic (exact) mass is 2250 g/mol. The van der Waals surface area contributed by atoms with Crippen molar-refractivity contribution in [2.75, 3.05) is 0 Å². The van der Waals surface area contributed by atoms with Crippen LogP contribution in [0.25, 0.3) is 158 Å². The van der Waals surface area contributed by atoms with Gasteiger partial charge in [-0.1, -0.05) is 381 Å². The molecule has 24 rings (SSSR count). The molecule has 143 heavy (non-hydrogen) atoms. The van der Waals surface area contributed by atoms with Gasteiger partial charge >= 0.3 is 30.2 Å². The first-order valence-corrected chi connectivity index (χ1v) is 48.4. The third-order valence-electron chi connectivity index (χ3n) is 21.5. The van der Waals surface area contributed by atoms with Gasteiger partial charge in [0, 0.05) is 84.5 Å². The summed E-state index contributed by atoms with van der Waals surface area (Å²) in [5, 5.41) is 22.9. The standard InChI is InChI=1S/2C27H17BrN4.2C15H10ClN3.C13H9Br.C6H6BClO2.C6H5.C3Cl3N3.BrH.Mg/c2*28-20-15-16-24-22(17-20)21-13-7-8-14-23(21)32(24)27-30-25(18-9-3-1-4-10-18)29-26(31-27)19-11-5-2-6-12-19;2*16-15-18-13(11-7-3-1-4-8-11)17-14(19-15)12-9-5-2-6-10-12;14-11-6-5-10-7-9-3-1-2-4-12(9)13(10)8-11;8-6-3-1-5(2-4-6)7(9)10;1-2-4-6-5-3-1;4-1-7-2(5)9-3(6)8-1;;/h2*1-17H;2*1-10H;1-6,8H,7H2;1-4,9-10H;1-5H;;1H;/q;;;;;;-1;;;+2/p-1. The van der Waals surface area contributed by atoms with E-state index in [0.29, 0.717) is 69.0 Å². The summed E-state index contributed by atoms with van der Waals surface area (Å²) in [7, 11) is -1.41. The Hall–Kier alpha value is -13.4. The molecule has 0 aliphatic heterocycles. The maximum atomic E-state index is 8.63. The summed E-state index contributed by atoms with van der Waals surface area (Å²) in [6.45, 7) is 0. The molecular formula is C112H74BBr4Cl6MgN17O2. The van der Waals surface area contributed by atoms with Crippen LogP contribution in [0.2, 0.25) is 31.4 Å². The Morgan fingerprint density at radius 3 is 0.811 bits per heavy atom. The molecule has 2 N–H and O–H groups in total. The van der Waals surface area contributed by atoms with E-state index in [1.807, 2.05) is 285 Å². The van der Waals surface area contributed by atoms with Crippen molar-refractivity contribution in [1.82, 2.24) is 83.9 Å². The first kappa shape index (κ1) is 104. The van der Waals surface area contributed by atoms with Gasteiger partial charge in [0.1, 0.15) is 0 Å². The Morgan fingerprint density at radius 2 is 0.503 bits per heavy atom. The van der Waals surface area contributed by atoms with Gasteiger partial charge in [0.2, 0.25) is 38.3 Å². The minimum atomic E-state index is -1.41. The molecule has 1 aliphatic rings. The molecule has 0 amide bonds. The van der Waals surface area contributed by atoms with Gasteiger partial charge in [-0.2, -0.15) is 91.2 Å². The summed E-state index contributed by atoms with van der Waals surface area (Å²) in [4.78, 5) is 65.3. The van der Waals surface area contributed by atoms with E-state index in [-0.39, 0.29) is 66.5 Å². The van der Waals surface area contributed by atoms with Crippen LogP contribution in [0, 0.1) is 6.07 Å². The zero-order valence-corrected chi connectivity index (χ0v) is 87.5. The van der Waals surface area contributed by atoms with E-state index in [1.54, 1.807) is 24.3 Å². The van der Waals surface area contributed by atoms with Crippen molar-refractivity contribution in [3.05, 3.63) is 487 Å². The van der Waals surface area contributed by atoms with Crippen LogP contribution >= 0.6 is 117 Å². The summed E-state index contributed by atoms with van der Waals surface area (Å²) in [5.74, 6) is 6.14. The van der Waals surface area contributed by atoms with Gasteiger partial charge in [-0.05, 0) is 165 Å². The normalized spacial score (nSPS) is 10.6. The molecule has 16 aromatic carbocycles. The number of halogens is 10. The van der Waals surface area contributed by atoms with Crippen molar-refractivity contribution in [1.29, 1.82) is 0 Å². The van der Waals surface area contributed by atoms with Crippen molar-refractivity contribution < 1.29 is 27.0 Å². The van der Waals surface area contributed by atoms with Crippen LogP contribution in [0.3, 0.4) is 0 Å². The van der Waals surface area contributed by atoms with E-state index in [1.165, 1.54) is 22.3 Å². The Morgan fingerprint density at radius 1 is 0.245 bits per heavy atom. The topological polar surface area (TPSA) is 244 Å². The number of nitrogens with zero attached hydrogens (tertiary/aromatic N) is 17. The molecule has 0 radical (unpaired) electrons. The van der Waals surface area contributed by atoms with Gasteiger partial charge in [-0.3, -0.25) is 9.13 Å². The van der Waals surface area contributed by atoms with Crippen molar-refractivity contribution in [3.63, 3.8) is 0 Å². The van der Waals surface area contributed by atoms with Crippen LogP contribution in [0.15, 0.2) is 438 Å². The van der Waals surface area contributed by atoms with E-state index in [2.05, 4.69) is 223 Å². The first-order chi connectivity index (χ1) is 68.9.